The number of nitrogens with one attached hydrogen (secondary N) is 1. The minimum Gasteiger partial charge on any atom is -0.295 e. The molecule has 16 heavy (non-hydrogen) atoms. The number of aromatic nitrogens is 4. The normalized spacial score (nSPS) is 10.6. The minimum atomic E-state index is -0.575. The summed E-state index contributed by atoms with van der Waals surface area (Å²) in [5, 5.41) is 3.97. The molecule has 2 rings (SSSR count). The molecule has 6 nitrogen and oxygen atoms in total. The summed E-state index contributed by atoms with van der Waals surface area (Å²) in [5.74, 6) is 0. The zero-order valence-electron chi connectivity index (χ0n) is 8.48. The van der Waals surface area contributed by atoms with Gasteiger partial charge in [0.25, 0.3) is 5.56 Å². The van der Waals surface area contributed by atoms with Gasteiger partial charge in [-0.25, -0.2) is 4.79 Å². The van der Waals surface area contributed by atoms with Crippen molar-refractivity contribution in [2.24, 2.45) is 7.05 Å². The van der Waals surface area contributed by atoms with E-state index in [1.165, 1.54) is 10.8 Å². The van der Waals surface area contributed by atoms with E-state index in [4.69, 9.17) is 11.6 Å². The van der Waals surface area contributed by atoms with Crippen LogP contribution in [0.5, 0.6) is 0 Å². The number of rotatable bonds is 2. The fourth-order valence-corrected chi connectivity index (χ4v) is 1.52. The summed E-state index contributed by atoms with van der Waals surface area (Å²) in [7, 11) is 1.78. The monoisotopic (exact) mass is 240 g/mol. The van der Waals surface area contributed by atoms with Crippen LogP contribution in [0.2, 0.25) is 5.02 Å². The van der Waals surface area contributed by atoms with Gasteiger partial charge in [0, 0.05) is 25.0 Å². The maximum Gasteiger partial charge on any atom is 0.328 e. The van der Waals surface area contributed by atoms with E-state index in [0.29, 0.717) is 6.54 Å². The maximum atomic E-state index is 11.4. The fraction of sp³-hybridized carbons (Fsp3) is 0.222. The molecule has 7 heteroatoms. The van der Waals surface area contributed by atoms with Gasteiger partial charge in [-0.05, 0) is 0 Å². The number of H-pyrrole nitrogens is 1. The van der Waals surface area contributed by atoms with Crippen LogP contribution in [0.25, 0.3) is 0 Å². The number of halogens is 1. The summed E-state index contributed by atoms with van der Waals surface area (Å²) < 4.78 is 2.95. The van der Waals surface area contributed by atoms with Gasteiger partial charge in [0.15, 0.2) is 0 Å². The molecule has 0 unspecified atom stereocenters. The summed E-state index contributed by atoms with van der Waals surface area (Å²) in [6.07, 6.45) is 4.74. The minimum absolute atomic E-state index is 0.0107. The smallest absolute Gasteiger partial charge is 0.295 e. The zero-order valence-corrected chi connectivity index (χ0v) is 9.23. The predicted octanol–water partition coefficient (Wildman–Crippen LogP) is -0.0282. The van der Waals surface area contributed by atoms with Crippen LogP contribution < -0.4 is 11.2 Å². The van der Waals surface area contributed by atoms with E-state index in [2.05, 4.69) is 10.1 Å². The Morgan fingerprint density at radius 3 is 2.81 bits per heavy atom. The van der Waals surface area contributed by atoms with Gasteiger partial charge in [-0.3, -0.25) is 19.0 Å². The number of nitrogens with zero attached hydrogens (tertiary/aromatic N) is 3. The largest absolute Gasteiger partial charge is 0.328 e. The number of hydrogen-bond acceptors (Lipinski definition) is 3. The van der Waals surface area contributed by atoms with Crippen LogP contribution in [-0.4, -0.2) is 19.3 Å². The van der Waals surface area contributed by atoms with E-state index >= 15 is 0 Å². The zero-order chi connectivity index (χ0) is 11.7. The molecule has 0 saturated carbocycles. The maximum absolute atomic E-state index is 11.4. The lowest BCUT2D eigenvalue weighted by molar-refractivity contribution is 0.718. The molecule has 0 aliphatic rings. The summed E-state index contributed by atoms with van der Waals surface area (Å²) in [5.41, 5.74) is -0.208. The van der Waals surface area contributed by atoms with Gasteiger partial charge in [-0.15, -0.1) is 0 Å². The summed E-state index contributed by atoms with van der Waals surface area (Å²) in [6.45, 7) is 0.323. The summed E-state index contributed by atoms with van der Waals surface area (Å²) in [6, 6.07) is 0. The Hall–Kier alpha value is -1.82. The van der Waals surface area contributed by atoms with Crippen molar-refractivity contribution in [2.75, 3.05) is 0 Å². The van der Waals surface area contributed by atoms with Gasteiger partial charge in [0.1, 0.15) is 5.02 Å². The molecule has 0 saturated heterocycles. The van der Waals surface area contributed by atoms with Gasteiger partial charge < -0.3 is 0 Å². The molecule has 0 aliphatic heterocycles. The molecule has 0 atom stereocenters. The second-order valence-corrected chi connectivity index (χ2v) is 3.79. The number of hydrogen-bond donors (Lipinski definition) is 1. The van der Waals surface area contributed by atoms with Gasteiger partial charge in [0.05, 0.1) is 12.7 Å². The van der Waals surface area contributed by atoms with Crippen molar-refractivity contribution in [3.63, 3.8) is 0 Å². The lowest BCUT2D eigenvalue weighted by atomic mass is 10.3. The SMILES string of the molecule is Cn1cc(Cn2cc(Cl)c(=O)[nH]c2=O)cn1. The summed E-state index contributed by atoms with van der Waals surface area (Å²) >= 11 is 5.63. The van der Waals surface area contributed by atoms with Crippen LogP contribution in [0.15, 0.2) is 28.2 Å². The first-order valence-corrected chi connectivity index (χ1v) is 4.91. The first-order valence-electron chi connectivity index (χ1n) is 4.53. The average Bonchev–Trinajstić information content (AvgIpc) is 2.60. The highest BCUT2D eigenvalue weighted by Gasteiger charge is 2.04. The molecule has 1 N–H and O–H groups in total. The van der Waals surface area contributed by atoms with E-state index in [1.54, 1.807) is 24.1 Å². The topological polar surface area (TPSA) is 72.7 Å². The van der Waals surface area contributed by atoms with E-state index in [0.717, 1.165) is 5.56 Å². The lowest BCUT2D eigenvalue weighted by Gasteiger charge is -2.02. The third-order valence-corrected chi connectivity index (χ3v) is 2.35. The molecule has 0 amide bonds. The molecule has 0 spiro atoms. The Bertz CT molecular complexity index is 625. The predicted molar refractivity (Wildman–Crippen MR) is 58.6 cm³/mol. The third-order valence-electron chi connectivity index (χ3n) is 2.08. The van der Waals surface area contributed by atoms with Crippen LogP contribution >= 0.6 is 11.6 Å². The van der Waals surface area contributed by atoms with Crippen molar-refractivity contribution in [3.05, 3.63) is 50.0 Å². The molecule has 2 aromatic heterocycles. The van der Waals surface area contributed by atoms with Crippen molar-refractivity contribution < 1.29 is 0 Å². The Labute approximate surface area is 95.1 Å². The molecule has 2 aromatic rings. The quantitative estimate of drug-likeness (QED) is 0.801. The third kappa shape index (κ3) is 2.06. The van der Waals surface area contributed by atoms with Crippen molar-refractivity contribution in [1.82, 2.24) is 19.3 Å². The molecule has 0 radical (unpaired) electrons. The Morgan fingerprint density at radius 2 is 2.19 bits per heavy atom. The van der Waals surface area contributed by atoms with E-state index in [1.807, 2.05) is 0 Å². The Balaban J connectivity index is 2.39. The molecule has 2 heterocycles. The number of aryl methyl sites for hydroxylation is 1. The average molecular weight is 241 g/mol. The van der Waals surface area contributed by atoms with Crippen LogP contribution in [0.4, 0.5) is 0 Å². The molecule has 84 valence electrons. The number of aromatic amines is 1. The Kier molecular flexibility index (Phi) is 2.66. The highest BCUT2D eigenvalue weighted by atomic mass is 35.5. The molecule has 0 fully saturated rings. The second-order valence-electron chi connectivity index (χ2n) is 3.39. The van der Waals surface area contributed by atoms with Gasteiger partial charge >= 0.3 is 5.69 Å². The van der Waals surface area contributed by atoms with Crippen LogP contribution in [-0.2, 0) is 13.6 Å². The molecule has 0 bridgehead atoms. The van der Waals surface area contributed by atoms with Gasteiger partial charge in [-0.1, -0.05) is 11.6 Å². The van der Waals surface area contributed by atoms with E-state index in [-0.39, 0.29) is 5.02 Å². The highest BCUT2D eigenvalue weighted by molar-refractivity contribution is 6.30. The Morgan fingerprint density at radius 1 is 1.44 bits per heavy atom. The molecular formula is C9H9ClN4O2. The van der Waals surface area contributed by atoms with Gasteiger partial charge in [-0.2, -0.15) is 5.10 Å². The van der Waals surface area contributed by atoms with Crippen LogP contribution in [0.3, 0.4) is 0 Å². The van der Waals surface area contributed by atoms with E-state index < -0.39 is 11.2 Å². The second kappa shape index (κ2) is 3.97. The first-order chi connectivity index (χ1) is 7.56. The van der Waals surface area contributed by atoms with Crippen LogP contribution in [0, 0.1) is 0 Å². The first kappa shape index (κ1) is 10.7. The standard InChI is InChI=1S/C9H9ClN4O2/c1-13-3-6(2-11-13)4-14-5-7(10)8(15)12-9(14)16/h2-3,5H,4H2,1H3,(H,12,15,16). The molecule has 0 aliphatic carbocycles. The van der Waals surface area contributed by atoms with Crippen molar-refractivity contribution in [1.29, 1.82) is 0 Å². The van der Waals surface area contributed by atoms with Crippen molar-refractivity contribution in [3.8, 4) is 0 Å². The fourth-order valence-electron chi connectivity index (χ4n) is 1.35. The van der Waals surface area contributed by atoms with Crippen molar-refractivity contribution in [2.45, 2.75) is 6.54 Å². The highest BCUT2D eigenvalue weighted by Crippen LogP contribution is 2.01. The lowest BCUT2D eigenvalue weighted by Crippen LogP contribution is -2.29. The van der Waals surface area contributed by atoms with Crippen molar-refractivity contribution >= 4 is 11.6 Å². The van der Waals surface area contributed by atoms with Crippen LogP contribution in [0.1, 0.15) is 5.56 Å². The van der Waals surface area contributed by atoms with Gasteiger partial charge in [0.2, 0.25) is 0 Å². The van der Waals surface area contributed by atoms with E-state index in [9.17, 15) is 9.59 Å². The molecular weight excluding hydrogens is 232 g/mol. The molecule has 0 aromatic carbocycles. The summed E-state index contributed by atoms with van der Waals surface area (Å²) in [4.78, 5) is 24.6.